The van der Waals surface area contributed by atoms with Crippen LogP contribution in [-0.4, -0.2) is 69.9 Å². The standard InChI is InChI=1S/C22H38FN5O/c1-5-27(6-2)11-7-8-18(3)26-22(24-4)25-17-19-9-10-21(20(23)16-19)28-12-14-29-15-13-28/h9-10,16,18H,5-8,11-15,17H2,1-4H3,(H2,24,25,26). The summed E-state index contributed by atoms with van der Waals surface area (Å²) >= 11 is 0. The highest BCUT2D eigenvalue weighted by atomic mass is 19.1. The second-order valence-electron chi connectivity index (χ2n) is 7.53. The van der Waals surface area contributed by atoms with Crippen molar-refractivity contribution in [2.45, 2.75) is 46.2 Å². The van der Waals surface area contributed by atoms with E-state index in [2.05, 4.69) is 41.3 Å². The predicted octanol–water partition coefficient (Wildman–Crippen LogP) is 2.84. The van der Waals surface area contributed by atoms with Crippen molar-refractivity contribution in [3.8, 4) is 0 Å². The average molecular weight is 408 g/mol. The number of anilines is 1. The van der Waals surface area contributed by atoms with Gasteiger partial charge in [0.2, 0.25) is 0 Å². The number of nitrogens with one attached hydrogen (secondary N) is 2. The van der Waals surface area contributed by atoms with Crippen molar-refractivity contribution in [2.24, 2.45) is 4.99 Å². The Kier molecular flexibility index (Phi) is 10.2. The van der Waals surface area contributed by atoms with Crippen LogP contribution in [0.1, 0.15) is 39.2 Å². The van der Waals surface area contributed by atoms with E-state index in [4.69, 9.17) is 4.74 Å². The number of morpholine rings is 1. The molecule has 0 aliphatic carbocycles. The van der Waals surface area contributed by atoms with E-state index in [1.54, 1.807) is 13.1 Å². The lowest BCUT2D eigenvalue weighted by Gasteiger charge is -2.29. The van der Waals surface area contributed by atoms with E-state index in [-0.39, 0.29) is 5.82 Å². The Morgan fingerprint density at radius 3 is 2.62 bits per heavy atom. The molecule has 0 bridgehead atoms. The van der Waals surface area contributed by atoms with Gasteiger partial charge >= 0.3 is 0 Å². The Morgan fingerprint density at radius 2 is 2.00 bits per heavy atom. The molecule has 0 saturated carbocycles. The number of guanidine groups is 1. The van der Waals surface area contributed by atoms with Crippen molar-refractivity contribution in [3.05, 3.63) is 29.6 Å². The summed E-state index contributed by atoms with van der Waals surface area (Å²) in [5.74, 6) is 0.567. The summed E-state index contributed by atoms with van der Waals surface area (Å²) < 4.78 is 19.9. The van der Waals surface area contributed by atoms with Gasteiger partial charge in [-0.1, -0.05) is 19.9 Å². The van der Waals surface area contributed by atoms with Gasteiger partial charge < -0.3 is 25.2 Å². The zero-order valence-corrected chi connectivity index (χ0v) is 18.5. The minimum atomic E-state index is -0.182. The third-order valence-corrected chi connectivity index (χ3v) is 5.44. The molecule has 0 amide bonds. The zero-order chi connectivity index (χ0) is 21.1. The van der Waals surface area contributed by atoms with Gasteiger partial charge in [0.15, 0.2) is 5.96 Å². The molecule has 1 fully saturated rings. The number of halogens is 1. The molecule has 164 valence electrons. The molecule has 6 nitrogen and oxygen atoms in total. The van der Waals surface area contributed by atoms with Crippen LogP contribution >= 0.6 is 0 Å². The summed E-state index contributed by atoms with van der Waals surface area (Å²) in [6.07, 6.45) is 2.24. The van der Waals surface area contributed by atoms with Crippen LogP contribution in [0, 0.1) is 5.82 Å². The lowest BCUT2D eigenvalue weighted by Crippen LogP contribution is -2.42. The van der Waals surface area contributed by atoms with Crippen LogP contribution in [0.2, 0.25) is 0 Å². The molecule has 1 saturated heterocycles. The molecule has 2 N–H and O–H groups in total. The van der Waals surface area contributed by atoms with Crippen molar-refractivity contribution in [1.82, 2.24) is 15.5 Å². The smallest absolute Gasteiger partial charge is 0.191 e. The molecule has 0 radical (unpaired) electrons. The van der Waals surface area contributed by atoms with Crippen molar-refractivity contribution >= 4 is 11.6 Å². The molecule has 0 aromatic heterocycles. The highest BCUT2D eigenvalue weighted by molar-refractivity contribution is 5.79. The third-order valence-electron chi connectivity index (χ3n) is 5.44. The normalized spacial score (nSPS) is 16.2. The molecule has 7 heteroatoms. The van der Waals surface area contributed by atoms with Gasteiger partial charge in [0.1, 0.15) is 5.82 Å². The minimum absolute atomic E-state index is 0.182. The van der Waals surface area contributed by atoms with Crippen molar-refractivity contribution in [1.29, 1.82) is 0 Å². The van der Waals surface area contributed by atoms with Gasteiger partial charge in [-0.2, -0.15) is 0 Å². The van der Waals surface area contributed by atoms with Gasteiger partial charge in [0.05, 0.1) is 18.9 Å². The fraction of sp³-hybridized carbons (Fsp3) is 0.682. The van der Waals surface area contributed by atoms with E-state index in [9.17, 15) is 4.39 Å². The molecule has 1 heterocycles. The third kappa shape index (κ3) is 7.82. The van der Waals surface area contributed by atoms with E-state index in [0.717, 1.165) is 57.1 Å². The number of hydrogen-bond acceptors (Lipinski definition) is 4. The monoisotopic (exact) mass is 407 g/mol. The van der Waals surface area contributed by atoms with Crippen LogP contribution in [0.4, 0.5) is 10.1 Å². The topological polar surface area (TPSA) is 52.1 Å². The number of aliphatic imine (C=N–C) groups is 1. The van der Waals surface area contributed by atoms with Gasteiger partial charge in [-0.05, 0) is 57.1 Å². The molecule has 0 spiro atoms. The summed E-state index contributed by atoms with van der Waals surface area (Å²) in [6, 6.07) is 5.78. The largest absolute Gasteiger partial charge is 0.378 e. The summed E-state index contributed by atoms with van der Waals surface area (Å²) in [5, 5.41) is 6.72. The molecule has 2 rings (SSSR count). The number of ether oxygens (including phenoxy) is 1. The van der Waals surface area contributed by atoms with Crippen LogP contribution in [0.5, 0.6) is 0 Å². The molecule has 1 atom stereocenters. The van der Waals surface area contributed by atoms with Crippen molar-refractivity contribution in [2.75, 3.05) is 57.9 Å². The predicted molar refractivity (Wildman–Crippen MR) is 119 cm³/mol. The van der Waals surface area contributed by atoms with Crippen LogP contribution in [-0.2, 0) is 11.3 Å². The lowest BCUT2D eigenvalue weighted by atomic mass is 10.1. The van der Waals surface area contributed by atoms with Gasteiger partial charge in [-0.15, -0.1) is 0 Å². The molecule has 1 aliphatic rings. The lowest BCUT2D eigenvalue weighted by molar-refractivity contribution is 0.122. The number of hydrogen-bond donors (Lipinski definition) is 2. The Labute approximate surface area is 175 Å². The SMILES string of the molecule is CCN(CC)CCCC(C)NC(=NC)NCc1ccc(N2CCOCC2)c(F)c1. The molecular formula is C22H38FN5O. The zero-order valence-electron chi connectivity index (χ0n) is 18.5. The fourth-order valence-electron chi connectivity index (χ4n) is 3.57. The molecule has 29 heavy (non-hydrogen) atoms. The summed E-state index contributed by atoms with van der Waals surface area (Å²) in [6.45, 7) is 13.2. The highest BCUT2D eigenvalue weighted by Gasteiger charge is 2.15. The number of benzene rings is 1. The average Bonchev–Trinajstić information content (AvgIpc) is 2.75. The van der Waals surface area contributed by atoms with Crippen molar-refractivity contribution in [3.63, 3.8) is 0 Å². The first-order chi connectivity index (χ1) is 14.1. The maximum absolute atomic E-state index is 14.6. The molecule has 1 aliphatic heterocycles. The molecule has 1 aromatic carbocycles. The van der Waals surface area contributed by atoms with Gasteiger partial charge in [-0.25, -0.2) is 4.39 Å². The van der Waals surface area contributed by atoms with Crippen LogP contribution in [0.25, 0.3) is 0 Å². The Hall–Kier alpha value is -1.86. The van der Waals surface area contributed by atoms with E-state index >= 15 is 0 Å². The summed E-state index contributed by atoms with van der Waals surface area (Å²) in [5.41, 5.74) is 1.55. The Balaban J connectivity index is 1.78. The van der Waals surface area contributed by atoms with Crippen molar-refractivity contribution < 1.29 is 9.13 Å². The highest BCUT2D eigenvalue weighted by Crippen LogP contribution is 2.21. The first-order valence-electron chi connectivity index (χ1n) is 10.9. The number of rotatable bonds is 10. The first-order valence-corrected chi connectivity index (χ1v) is 10.9. The molecule has 1 aromatic rings. The Morgan fingerprint density at radius 1 is 1.28 bits per heavy atom. The first kappa shape index (κ1) is 23.4. The Bertz CT molecular complexity index is 630. The quantitative estimate of drug-likeness (QED) is 0.461. The maximum Gasteiger partial charge on any atom is 0.191 e. The van der Waals surface area contributed by atoms with Gasteiger partial charge in [0, 0.05) is 32.7 Å². The molecule has 1 unspecified atom stereocenters. The minimum Gasteiger partial charge on any atom is -0.378 e. The van der Waals surface area contributed by atoms with E-state index < -0.39 is 0 Å². The maximum atomic E-state index is 14.6. The van der Waals surface area contributed by atoms with E-state index in [1.807, 2.05) is 17.0 Å². The van der Waals surface area contributed by atoms with Crippen LogP contribution in [0.15, 0.2) is 23.2 Å². The summed E-state index contributed by atoms with van der Waals surface area (Å²) in [4.78, 5) is 8.78. The van der Waals surface area contributed by atoms with Gasteiger partial charge in [-0.3, -0.25) is 4.99 Å². The number of nitrogens with zero attached hydrogens (tertiary/aromatic N) is 3. The van der Waals surface area contributed by atoms with E-state index in [1.165, 1.54) is 0 Å². The van der Waals surface area contributed by atoms with Gasteiger partial charge in [0.25, 0.3) is 0 Å². The van der Waals surface area contributed by atoms with Crippen LogP contribution in [0.3, 0.4) is 0 Å². The van der Waals surface area contributed by atoms with E-state index in [0.29, 0.717) is 31.5 Å². The van der Waals surface area contributed by atoms with Crippen LogP contribution < -0.4 is 15.5 Å². The summed E-state index contributed by atoms with van der Waals surface area (Å²) in [7, 11) is 1.76. The second-order valence-corrected chi connectivity index (χ2v) is 7.53. The fourth-order valence-corrected chi connectivity index (χ4v) is 3.57. The molecular weight excluding hydrogens is 369 g/mol. The second kappa shape index (κ2) is 12.6.